The molecule has 0 aromatic rings. The number of piperazine rings is 1. The molecule has 18 heavy (non-hydrogen) atoms. The van der Waals surface area contributed by atoms with Crippen molar-refractivity contribution in [2.24, 2.45) is 5.92 Å². The van der Waals surface area contributed by atoms with Crippen LogP contribution in [0.2, 0.25) is 0 Å². The SMILES string of the molecule is COC(=O)[C@@H](NC(=O)N1CCN(C)CC1)C(C)C. The second-order valence-electron chi connectivity index (χ2n) is 4.98. The van der Waals surface area contributed by atoms with E-state index in [0.717, 1.165) is 13.1 Å². The average Bonchev–Trinajstić information content (AvgIpc) is 2.35. The summed E-state index contributed by atoms with van der Waals surface area (Å²) in [6.07, 6.45) is 0. The number of nitrogens with one attached hydrogen (secondary N) is 1. The van der Waals surface area contributed by atoms with Crippen LogP contribution in [0.3, 0.4) is 0 Å². The van der Waals surface area contributed by atoms with E-state index in [1.165, 1.54) is 7.11 Å². The third kappa shape index (κ3) is 3.87. The molecule has 0 aromatic heterocycles. The first kappa shape index (κ1) is 14.8. The molecule has 1 fully saturated rings. The van der Waals surface area contributed by atoms with Crippen LogP contribution < -0.4 is 5.32 Å². The van der Waals surface area contributed by atoms with Crippen molar-refractivity contribution in [3.05, 3.63) is 0 Å². The number of ether oxygens (including phenoxy) is 1. The second-order valence-corrected chi connectivity index (χ2v) is 4.98. The van der Waals surface area contributed by atoms with E-state index in [1.54, 1.807) is 4.90 Å². The standard InChI is InChI=1S/C12H23N3O3/c1-9(2)10(11(16)18-4)13-12(17)15-7-5-14(3)6-8-15/h9-10H,5-8H2,1-4H3,(H,13,17)/t10-/m0/s1. The van der Waals surface area contributed by atoms with Crippen LogP contribution in [0.4, 0.5) is 4.79 Å². The van der Waals surface area contributed by atoms with Gasteiger partial charge in [0.05, 0.1) is 7.11 Å². The molecular formula is C12H23N3O3. The van der Waals surface area contributed by atoms with Gasteiger partial charge in [0.15, 0.2) is 0 Å². The summed E-state index contributed by atoms with van der Waals surface area (Å²) >= 11 is 0. The summed E-state index contributed by atoms with van der Waals surface area (Å²) in [4.78, 5) is 27.5. The monoisotopic (exact) mass is 257 g/mol. The van der Waals surface area contributed by atoms with Gasteiger partial charge in [-0.25, -0.2) is 9.59 Å². The zero-order chi connectivity index (χ0) is 13.7. The van der Waals surface area contributed by atoms with E-state index in [9.17, 15) is 9.59 Å². The zero-order valence-electron chi connectivity index (χ0n) is 11.6. The van der Waals surface area contributed by atoms with Crippen LogP contribution in [0, 0.1) is 5.92 Å². The summed E-state index contributed by atoms with van der Waals surface area (Å²) in [7, 11) is 3.36. The molecule has 1 aliphatic rings. The molecule has 1 aliphatic heterocycles. The molecule has 1 rings (SSSR count). The Morgan fingerprint density at radius 3 is 2.17 bits per heavy atom. The molecule has 0 spiro atoms. The van der Waals surface area contributed by atoms with Crippen LogP contribution in [0.1, 0.15) is 13.8 Å². The molecule has 0 radical (unpaired) electrons. The molecule has 0 unspecified atom stereocenters. The van der Waals surface area contributed by atoms with Crippen LogP contribution in [0.5, 0.6) is 0 Å². The Morgan fingerprint density at radius 2 is 1.72 bits per heavy atom. The normalized spacial score (nSPS) is 18.6. The molecule has 1 N–H and O–H groups in total. The minimum atomic E-state index is -0.581. The molecule has 1 saturated heterocycles. The van der Waals surface area contributed by atoms with E-state index >= 15 is 0 Å². The molecule has 6 nitrogen and oxygen atoms in total. The van der Waals surface area contributed by atoms with E-state index in [2.05, 4.69) is 10.2 Å². The van der Waals surface area contributed by atoms with Gasteiger partial charge in [0.2, 0.25) is 0 Å². The third-order valence-electron chi connectivity index (χ3n) is 3.19. The summed E-state index contributed by atoms with van der Waals surface area (Å²) in [6.45, 7) is 6.86. The number of methoxy groups -OCH3 is 1. The van der Waals surface area contributed by atoms with Crippen LogP contribution in [0.15, 0.2) is 0 Å². The maximum Gasteiger partial charge on any atom is 0.328 e. The lowest BCUT2D eigenvalue weighted by atomic mass is 10.1. The van der Waals surface area contributed by atoms with E-state index < -0.39 is 12.0 Å². The smallest absolute Gasteiger partial charge is 0.328 e. The Morgan fingerprint density at radius 1 is 1.17 bits per heavy atom. The first-order chi connectivity index (χ1) is 8.45. The highest BCUT2D eigenvalue weighted by molar-refractivity contribution is 5.83. The Bertz CT molecular complexity index is 299. The number of rotatable bonds is 3. The number of hydrogen-bond acceptors (Lipinski definition) is 4. The highest BCUT2D eigenvalue weighted by Crippen LogP contribution is 2.06. The Balaban J connectivity index is 2.53. The second kappa shape index (κ2) is 6.58. The van der Waals surface area contributed by atoms with Gasteiger partial charge in [-0.2, -0.15) is 0 Å². The molecule has 6 heteroatoms. The number of esters is 1. The van der Waals surface area contributed by atoms with Gasteiger partial charge in [0.25, 0.3) is 0 Å². The zero-order valence-corrected chi connectivity index (χ0v) is 11.6. The summed E-state index contributed by atoms with van der Waals surface area (Å²) in [5.41, 5.74) is 0. The first-order valence-corrected chi connectivity index (χ1v) is 6.27. The lowest BCUT2D eigenvalue weighted by Crippen LogP contribution is -2.55. The van der Waals surface area contributed by atoms with E-state index in [4.69, 9.17) is 4.74 Å². The van der Waals surface area contributed by atoms with Gasteiger partial charge in [0, 0.05) is 26.2 Å². The summed E-state index contributed by atoms with van der Waals surface area (Å²) in [6, 6.07) is -0.769. The van der Waals surface area contributed by atoms with Crippen molar-refractivity contribution in [1.82, 2.24) is 15.1 Å². The van der Waals surface area contributed by atoms with Gasteiger partial charge in [-0.15, -0.1) is 0 Å². The van der Waals surface area contributed by atoms with E-state index in [-0.39, 0.29) is 11.9 Å². The molecule has 2 amide bonds. The van der Waals surface area contributed by atoms with Crippen molar-refractivity contribution < 1.29 is 14.3 Å². The van der Waals surface area contributed by atoms with Crippen molar-refractivity contribution >= 4 is 12.0 Å². The average molecular weight is 257 g/mol. The summed E-state index contributed by atoms with van der Waals surface area (Å²) < 4.78 is 4.70. The van der Waals surface area contributed by atoms with Crippen molar-refractivity contribution in [2.75, 3.05) is 40.3 Å². The Kier molecular flexibility index (Phi) is 5.40. The van der Waals surface area contributed by atoms with Gasteiger partial charge in [0.1, 0.15) is 6.04 Å². The minimum Gasteiger partial charge on any atom is -0.467 e. The summed E-state index contributed by atoms with van der Waals surface area (Å²) in [5.74, 6) is -0.388. The predicted molar refractivity (Wildman–Crippen MR) is 68.2 cm³/mol. The molecule has 0 aliphatic carbocycles. The fourth-order valence-electron chi connectivity index (χ4n) is 1.86. The highest BCUT2D eigenvalue weighted by Gasteiger charge is 2.28. The number of likely N-dealkylation sites (N-methyl/N-ethyl adjacent to an activating group) is 1. The number of carbonyl (C=O) groups excluding carboxylic acids is 2. The van der Waals surface area contributed by atoms with Gasteiger partial charge < -0.3 is 19.9 Å². The van der Waals surface area contributed by atoms with Crippen LogP contribution in [0.25, 0.3) is 0 Å². The fourth-order valence-corrected chi connectivity index (χ4v) is 1.86. The number of nitrogens with zero attached hydrogens (tertiary/aromatic N) is 2. The molecule has 1 atom stereocenters. The Labute approximate surface area is 108 Å². The van der Waals surface area contributed by atoms with Gasteiger partial charge in [-0.05, 0) is 13.0 Å². The third-order valence-corrected chi connectivity index (χ3v) is 3.19. The molecule has 0 aromatic carbocycles. The lowest BCUT2D eigenvalue weighted by Gasteiger charge is -2.33. The van der Waals surface area contributed by atoms with E-state index in [0.29, 0.717) is 13.1 Å². The number of carbonyl (C=O) groups is 2. The number of urea groups is 1. The molecule has 0 bridgehead atoms. The van der Waals surface area contributed by atoms with Crippen LogP contribution in [-0.4, -0.2) is 68.2 Å². The van der Waals surface area contributed by atoms with Gasteiger partial charge in [-0.3, -0.25) is 0 Å². The fraction of sp³-hybridized carbons (Fsp3) is 0.833. The van der Waals surface area contributed by atoms with Gasteiger partial charge in [-0.1, -0.05) is 13.8 Å². The lowest BCUT2D eigenvalue weighted by molar-refractivity contribution is -0.144. The van der Waals surface area contributed by atoms with Crippen LogP contribution in [-0.2, 0) is 9.53 Å². The summed E-state index contributed by atoms with van der Waals surface area (Å²) in [5, 5.41) is 2.75. The minimum absolute atomic E-state index is 0.00821. The molecule has 0 saturated carbocycles. The highest BCUT2D eigenvalue weighted by atomic mass is 16.5. The predicted octanol–water partition coefficient (Wildman–Crippen LogP) is 0.141. The topological polar surface area (TPSA) is 61.9 Å². The van der Waals surface area contributed by atoms with Crippen molar-refractivity contribution in [3.8, 4) is 0 Å². The molecule has 1 heterocycles. The maximum absolute atomic E-state index is 12.0. The number of amides is 2. The van der Waals surface area contributed by atoms with Crippen molar-refractivity contribution in [3.63, 3.8) is 0 Å². The van der Waals surface area contributed by atoms with Crippen LogP contribution >= 0.6 is 0 Å². The molecule has 104 valence electrons. The van der Waals surface area contributed by atoms with Gasteiger partial charge >= 0.3 is 12.0 Å². The first-order valence-electron chi connectivity index (χ1n) is 6.27. The maximum atomic E-state index is 12.0. The number of hydrogen-bond donors (Lipinski definition) is 1. The van der Waals surface area contributed by atoms with Crippen molar-refractivity contribution in [1.29, 1.82) is 0 Å². The van der Waals surface area contributed by atoms with E-state index in [1.807, 2.05) is 20.9 Å². The largest absolute Gasteiger partial charge is 0.467 e. The quantitative estimate of drug-likeness (QED) is 0.731. The van der Waals surface area contributed by atoms with Crippen molar-refractivity contribution in [2.45, 2.75) is 19.9 Å². The Hall–Kier alpha value is -1.30. The molecular weight excluding hydrogens is 234 g/mol.